The van der Waals surface area contributed by atoms with Crippen molar-refractivity contribution in [1.82, 2.24) is 0 Å². The normalized spacial score (nSPS) is 19.1. The minimum atomic E-state index is -4.05. The number of halogens is 1. The van der Waals surface area contributed by atoms with Crippen molar-refractivity contribution in [2.75, 3.05) is 11.9 Å². The number of ether oxygens (including phenoxy) is 1. The number of hydrogen-bond donors (Lipinski definition) is 1. The molecule has 3 atom stereocenters. The number of nitrogens with one attached hydrogen (secondary N) is 1. The number of nitrogens with zero attached hydrogens (tertiary/aromatic N) is 1. The Morgan fingerprint density at radius 2 is 1.72 bits per heavy atom. The molecule has 43 heavy (non-hydrogen) atoms. The predicted molar refractivity (Wildman–Crippen MR) is 176 cm³/mol. The lowest BCUT2D eigenvalue weighted by Gasteiger charge is -2.37. The lowest BCUT2D eigenvalue weighted by Crippen LogP contribution is -2.29. The van der Waals surface area contributed by atoms with Crippen LogP contribution in [0.4, 0.5) is 11.4 Å². The van der Waals surface area contributed by atoms with Crippen LogP contribution in [0.25, 0.3) is 0 Å². The van der Waals surface area contributed by atoms with Crippen LogP contribution >= 0.6 is 15.9 Å². The molecule has 0 fully saturated rings. The zero-order valence-electron chi connectivity index (χ0n) is 24.3. The van der Waals surface area contributed by atoms with Gasteiger partial charge in [-0.25, -0.2) is 0 Å². The Balaban J connectivity index is 1.21. The maximum atomic E-state index is 13.0. The monoisotopic (exact) mass is 656 g/mol. The van der Waals surface area contributed by atoms with E-state index >= 15 is 0 Å². The van der Waals surface area contributed by atoms with Crippen LogP contribution in [0.2, 0.25) is 0 Å². The van der Waals surface area contributed by atoms with E-state index in [9.17, 15) is 8.42 Å². The summed E-state index contributed by atoms with van der Waals surface area (Å²) >= 11 is 3.48. The molecule has 0 amide bonds. The molecular weight excluding hydrogens is 624 g/mol. The first-order valence-corrected chi connectivity index (χ1v) is 16.6. The van der Waals surface area contributed by atoms with Gasteiger partial charge in [-0.15, -0.1) is 0 Å². The number of rotatable bonds is 8. The van der Waals surface area contributed by atoms with Crippen LogP contribution < -0.4 is 14.2 Å². The van der Waals surface area contributed by atoms with Gasteiger partial charge in [-0.1, -0.05) is 59.7 Å². The van der Waals surface area contributed by atoms with E-state index in [0.717, 1.165) is 23.2 Å². The third kappa shape index (κ3) is 6.12. The van der Waals surface area contributed by atoms with Crippen LogP contribution in [0.5, 0.6) is 11.5 Å². The largest absolute Gasteiger partial charge is 0.490 e. The highest BCUT2D eigenvalue weighted by molar-refractivity contribution is 9.10. The molecule has 2 aliphatic rings. The average molecular weight is 658 g/mol. The lowest BCUT2D eigenvalue weighted by atomic mass is 9.76. The summed E-state index contributed by atoms with van der Waals surface area (Å²) in [5.41, 5.74) is 7.63. The number of aryl methyl sites for hydroxylation is 2. The molecule has 8 heteroatoms. The molecule has 1 aliphatic carbocycles. The summed E-state index contributed by atoms with van der Waals surface area (Å²) < 4.78 is 37.7. The molecule has 0 saturated carbocycles. The molecule has 1 aliphatic heterocycles. The van der Waals surface area contributed by atoms with Crippen LogP contribution in [0.1, 0.15) is 53.1 Å². The average Bonchev–Trinajstić information content (AvgIpc) is 3.49. The van der Waals surface area contributed by atoms with E-state index in [0.29, 0.717) is 28.7 Å². The number of hydrogen-bond acceptors (Lipinski definition) is 6. The van der Waals surface area contributed by atoms with E-state index in [-0.39, 0.29) is 16.7 Å². The summed E-state index contributed by atoms with van der Waals surface area (Å²) in [6.07, 6.45) is 7.45. The molecule has 6 nitrogen and oxygen atoms in total. The molecule has 0 saturated heterocycles. The Labute approximate surface area is 261 Å². The molecule has 1 heterocycles. The van der Waals surface area contributed by atoms with Crippen molar-refractivity contribution in [3.63, 3.8) is 0 Å². The second-order valence-electron chi connectivity index (χ2n) is 11.0. The fourth-order valence-corrected chi connectivity index (χ4v) is 7.43. The standard InChI is InChI=1S/C35H33BrN2O4S/c1-4-41-33-20-24(19-31(36)35(33)42-43(39,40)27-15-8-22(2)9-16-27)21-37-26-13-11-25(12-14-26)34-29-7-5-6-28(29)30-18-23(3)10-17-32(30)38-34/h5-6,8-21,28-29,34,38H,4,7H2,1-3H3/t28-,29+,34+/m1/s1. The summed E-state index contributed by atoms with van der Waals surface area (Å²) in [5, 5.41) is 3.80. The van der Waals surface area contributed by atoms with Gasteiger partial charge in [0, 0.05) is 17.8 Å². The first-order chi connectivity index (χ1) is 20.7. The van der Waals surface area contributed by atoms with Gasteiger partial charge in [0.05, 0.1) is 22.8 Å². The van der Waals surface area contributed by atoms with Gasteiger partial charge in [0.25, 0.3) is 0 Å². The molecule has 220 valence electrons. The van der Waals surface area contributed by atoms with Gasteiger partial charge in [-0.3, -0.25) is 4.99 Å². The summed E-state index contributed by atoms with van der Waals surface area (Å²) in [4.78, 5) is 4.76. The topological polar surface area (TPSA) is 77.0 Å². The van der Waals surface area contributed by atoms with E-state index in [4.69, 9.17) is 8.92 Å². The number of fused-ring (bicyclic) bond motifs is 3. The van der Waals surface area contributed by atoms with Crippen LogP contribution in [-0.4, -0.2) is 21.2 Å². The Hall–Kier alpha value is -3.88. The highest BCUT2D eigenvalue weighted by Crippen LogP contribution is 2.50. The quantitative estimate of drug-likeness (QED) is 0.116. The number of aliphatic imine (C=N–C) groups is 1. The Morgan fingerprint density at radius 3 is 2.47 bits per heavy atom. The smallest absolute Gasteiger partial charge is 0.339 e. The summed E-state index contributed by atoms with van der Waals surface area (Å²) in [5.74, 6) is 1.31. The van der Waals surface area contributed by atoms with E-state index in [2.05, 4.69) is 75.6 Å². The maximum absolute atomic E-state index is 13.0. The molecule has 4 aromatic carbocycles. The van der Waals surface area contributed by atoms with E-state index in [1.54, 1.807) is 30.5 Å². The fraction of sp³-hybridized carbons (Fsp3) is 0.229. The Bertz CT molecular complexity index is 1820. The zero-order valence-corrected chi connectivity index (χ0v) is 26.7. The van der Waals surface area contributed by atoms with Crippen molar-refractivity contribution in [2.24, 2.45) is 10.9 Å². The summed E-state index contributed by atoms with van der Waals surface area (Å²) in [6, 6.07) is 25.2. The molecule has 4 aromatic rings. The van der Waals surface area contributed by atoms with Crippen molar-refractivity contribution in [3.05, 3.63) is 123 Å². The van der Waals surface area contributed by atoms with E-state index < -0.39 is 10.1 Å². The second-order valence-corrected chi connectivity index (χ2v) is 13.4. The van der Waals surface area contributed by atoms with Gasteiger partial charge < -0.3 is 14.2 Å². The lowest BCUT2D eigenvalue weighted by molar-refractivity contribution is 0.327. The number of anilines is 1. The molecule has 6 rings (SSSR count). The highest BCUT2D eigenvalue weighted by atomic mass is 79.9. The molecule has 0 aromatic heterocycles. The van der Waals surface area contributed by atoms with Crippen molar-refractivity contribution in [3.8, 4) is 11.5 Å². The van der Waals surface area contributed by atoms with Crippen molar-refractivity contribution in [1.29, 1.82) is 0 Å². The Kier molecular flexibility index (Phi) is 8.16. The van der Waals surface area contributed by atoms with E-state index in [1.807, 2.05) is 26.0 Å². The van der Waals surface area contributed by atoms with Crippen molar-refractivity contribution >= 4 is 43.6 Å². The minimum absolute atomic E-state index is 0.0731. The van der Waals surface area contributed by atoms with Crippen LogP contribution in [0.15, 0.2) is 105 Å². The van der Waals surface area contributed by atoms with Crippen LogP contribution in [0, 0.1) is 19.8 Å². The Morgan fingerprint density at radius 1 is 0.977 bits per heavy atom. The first kappa shape index (κ1) is 29.2. The minimum Gasteiger partial charge on any atom is -0.490 e. The van der Waals surface area contributed by atoms with Crippen molar-refractivity contribution < 1.29 is 17.3 Å². The zero-order chi connectivity index (χ0) is 30.1. The molecule has 0 unspecified atom stereocenters. The van der Waals surface area contributed by atoms with Crippen LogP contribution in [0.3, 0.4) is 0 Å². The molecule has 1 N–H and O–H groups in total. The van der Waals surface area contributed by atoms with E-state index in [1.165, 1.54) is 34.5 Å². The maximum Gasteiger partial charge on any atom is 0.339 e. The molecular formula is C35H33BrN2O4S. The van der Waals surface area contributed by atoms with Gasteiger partial charge in [-0.2, -0.15) is 8.42 Å². The van der Waals surface area contributed by atoms with Gasteiger partial charge >= 0.3 is 10.1 Å². The number of allylic oxidation sites excluding steroid dienone is 2. The van der Waals surface area contributed by atoms with Gasteiger partial charge in [0.1, 0.15) is 4.90 Å². The van der Waals surface area contributed by atoms with Crippen molar-refractivity contribution in [2.45, 2.75) is 44.0 Å². The molecule has 0 bridgehead atoms. The van der Waals surface area contributed by atoms with Crippen LogP contribution in [-0.2, 0) is 10.1 Å². The van der Waals surface area contributed by atoms with Gasteiger partial charge in [-0.05, 0) is 108 Å². The fourth-order valence-electron chi connectivity index (χ4n) is 5.83. The highest BCUT2D eigenvalue weighted by Gasteiger charge is 2.37. The third-order valence-corrected chi connectivity index (χ3v) is 9.79. The predicted octanol–water partition coefficient (Wildman–Crippen LogP) is 8.81. The summed E-state index contributed by atoms with van der Waals surface area (Å²) in [7, 11) is -4.05. The van der Waals surface area contributed by atoms with Gasteiger partial charge in [0.15, 0.2) is 11.5 Å². The first-order valence-electron chi connectivity index (χ1n) is 14.4. The second kappa shape index (κ2) is 12.0. The SMILES string of the molecule is CCOc1cc(C=Nc2ccc([C@@H]3Nc4ccc(C)cc4[C@@H]4C=CC[C@@H]43)cc2)cc(Br)c1OS(=O)(=O)c1ccc(C)cc1. The molecule has 0 radical (unpaired) electrons. The summed E-state index contributed by atoms with van der Waals surface area (Å²) in [6.45, 7) is 6.21. The number of benzene rings is 4. The third-order valence-electron chi connectivity index (χ3n) is 7.97. The molecule has 0 spiro atoms. The van der Waals surface area contributed by atoms with Gasteiger partial charge in [0.2, 0.25) is 0 Å².